The first-order chi connectivity index (χ1) is 8.33. The molecule has 1 rings (SSSR count). The summed E-state index contributed by atoms with van der Waals surface area (Å²) in [7, 11) is 0. The average Bonchev–Trinajstić information content (AvgIpc) is 2.29. The van der Waals surface area contributed by atoms with Crippen molar-refractivity contribution in [1.82, 2.24) is 10.3 Å². The van der Waals surface area contributed by atoms with Crippen molar-refractivity contribution >= 4 is 29.2 Å². The minimum absolute atomic E-state index is 0.131. The number of urea groups is 1. The number of anilines is 1. The Balaban J connectivity index is 2.54. The van der Waals surface area contributed by atoms with Crippen molar-refractivity contribution in [3.05, 3.63) is 23.5 Å². The van der Waals surface area contributed by atoms with Crippen LogP contribution in [0.5, 0.6) is 0 Å². The Morgan fingerprint density at radius 3 is 2.72 bits per heavy atom. The van der Waals surface area contributed by atoms with E-state index in [1.54, 1.807) is 26.0 Å². The van der Waals surface area contributed by atoms with E-state index >= 15 is 0 Å². The Morgan fingerprint density at radius 2 is 2.17 bits per heavy atom. The van der Waals surface area contributed by atoms with E-state index < -0.39 is 17.4 Å². The van der Waals surface area contributed by atoms with Crippen LogP contribution in [0.3, 0.4) is 0 Å². The number of hydrogen-bond acceptors (Lipinski definition) is 3. The lowest BCUT2D eigenvalue weighted by Crippen LogP contribution is -2.43. The SMILES string of the molecule is CC(C)(CNC(=O)Nc1cccnc1Cl)C(N)=O. The van der Waals surface area contributed by atoms with Gasteiger partial charge in [0.15, 0.2) is 5.15 Å². The Bertz CT molecular complexity index is 462. The lowest BCUT2D eigenvalue weighted by Gasteiger charge is -2.20. The molecule has 18 heavy (non-hydrogen) atoms. The summed E-state index contributed by atoms with van der Waals surface area (Å²) in [6.45, 7) is 3.42. The fourth-order valence-electron chi connectivity index (χ4n) is 1.03. The third kappa shape index (κ3) is 3.89. The Labute approximate surface area is 110 Å². The number of aromatic nitrogens is 1. The summed E-state index contributed by atoms with van der Waals surface area (Å²) >= 11 is 5.78. The van der Waals surface area contributed by atoms with Crippen LogP contribution in [0.1, 0.15) is 13.8 Å². The van der Waals surface area contributed by atoms with Crippen LogP contribution in [0.15, 0.2) is 18.3 Å². The number of rotatable bonds is 4. The molecule has 7 heteroatoms. The van der Waals surface area contributed by atoms with Crippen LogP contribution in [-0.2, 0) is 4.79 Å². The molecule has 4 N–H and O–H groups in total. The lowest BCUT2D eigenvalue weighted by atomic mass is 9.93. The van der Waals surface area contributed by atoms with Gasteiger partial charge in [0.05, 0.1) is 11.1 Å². The first-order valence-corrected chi connectivity index (χ1v) is 5.66. The molecule has 0 saturated heterocycles. The summed E-state index contributed by atoms with van der Waals surface area (Å²) < 4.78 is 0. The molecule has 0 aliphatic rings. The van der Waals surface area contributed by atoms with Gasteiger partial charge in [0.25, 0.3) is 0 Å². The van der Waals surface area contributed by atoms with Gasteiger partial charge in [0.2, 0.25) is 5.91 Å². The summed E-state index contributed by atoms with van der Waals surface area (Å²) in [4.78, 5) is 26.5. The quantitative estimate of drug-likeness (QED) is 0.721. The number of nitrogens with zero attached hydrogens (tertiary/aromatic N) is 1. The van der Waals surface area contributed by atoms with Crippen LogP contribution in [0.25, 0.3) is 0 Å². The van der Waals surface area contributed by atoms with Crippen LogP contribution in [0.2, 0.25) is 5.15 Å². The van der Waals surface area contributed by atoms with Gasteiger partial charge in [-0.15, -0.1) is 0 Å². The number of primary amides is 1. The second kappa shape index (κ2) is 5.68. The predicted molar refractivity (Wildman–Crippen MR) is 69.2 cm³/mol. The second-order valence-electron chi connectivity index (χ2n) is 4.40. The first kappa shape index (κ1) is 14.2. The molecule has 0 saturated carbocycles. The number of carbonyl (C=O) groups is 2. The lowest BCUT2D eigenvalue weighted by molar-refractivity contribution is -0.125. The van der Waals surface area contributed by atoms with E-state index in [2.05, 4.69) is 15.6 Å². The van der Waals surface area contributed by atoms with E-state index in [0.29, 0.717) is 5.69 Å². The molecule has 0 bridgehead atoms. The van der Waals surface area contributed by atoms with E-state index in [0.717, 1.165) is 0 Å². The molecule has 98 valence electrons. The fraction of sp³-hybridized carbons (Fsp3) is 0.364. The molecule has 0 aliphatic carbocycles. The number of carbonyl (C=O) groups excluding carboxylic acids is 2. The van der Waals surface area contributed by atoms with Crippen molar-refractivity contribution in [2.75, 3.05) is 11.9 Å². The van der Waals surface area contributed by atoms with E-state index in [9.17, 15) is 9.59 Å². The van der Waals surface area contributed by atoms with Gasteiger partial charge < -0.3 is 16.4 Å². The van der Waals surface area contributed by atoms with Crippen molar-refractivity contribution in [3.63, 3.8) is 0 Å². The maximum atomic E-state index is 11.6. The molecule has 0 aliphatic heterocycles. The standard InChI is InChI=1S/C11H15ClN4O2/c1-11(2,9(13)17)6-15-10(18)16-7-4-3-5-14-8(7)12/h3-5H,6H2,1-2H3,(H2,13,17)(H2,15,16,18). The molecule has 1 aromatic heterocycles. The molecule has 0 atom stereocenters. The largest absolute Gasteiger partial charge is 0.369 e. The van der Waals surface area contributed by atoms with Crippen molar-refractivity contribution in [2.24, 2.45) is 11.1 Å². The maximum Gasteiger partial charge on any atom is 0.319 e. The number of pyridine rings is 1. The van der Waals surface area contributed by atoms with Crippen molar-refractivity contribution in [2.45, 2.75) is 13.8 Å². The molecular formula is C11H15ClN4O2. The van der Waals surface area contributed by atoms with Crippen LogP contribution in [0, 0.1) is 5.41 Å². The van der Waals surface area contributed by atoms with Gasteiger partial charge >= 0.3 is 6.03 Å². The maximum absolute atomic E-state index is 11.6. The number of halogens is 1. The summed E-state index contributed by atoms with van der Waals surface area (Å²) in [5.74, 6) is -0.484. The number of amides is 3. The monoisotopic (exact) mass is 270 g/mol. The average molecular weight is 271 g/mol. The number of nitrogens with one attached hydrogen (secondary N) is 2. The second-order valence-corrected chi connectivity index (χ2v) is 4.76. The van der Waals surface area contributed by atoms with Crippen LogP contribution in [0.4, 0.5) is 10.5 Å². The normalized spacial score (nSPS) is 10.8. The van der Waals surface area contributed by atoms with E-state index in [-0.39, 0.29) is 11.7 Å². The van der Waals surface area contributed by atoms with Crippen LogP contribution < -0.4 is 16.4 Å². The van der Waals surface area contributed by atoms with Gasteiger partial charge in [-0.2, -0.15) is 0 Å². The van der Waals surface area contributed by atoms with Crippen LogP contribution >= 0.6 is 11.6 Å². The van der Waals surface area contributed by atoms with Gasteiger partial charge in [-0.1, -0.05) is 11.6 Å². The zero-order valence-electron chi connectivity index (χ0n) is 10.2. The minimum Gasteiger partial charge on any atom is -0.369 e. The van der Waals surface area contributed by atoms with E-state index in [4.69, 9.17) is 17.3 Å². The summed E-state index contributed by atoms with van der Waals surface area (Å²) in [5.41, 5.74) is 4.78. The van der Waals surface area contributed by atoms with Gasteiger partial charge in [-0.3, -0.25) is 4.79 Å². The smallest absolute Gasteiger partial charge is 0.319 e. The van der Waals surface area contributed by atoms with Crippen molar-refractivity contribution in [1.29, 1.82) is 0 Å². The van der Waals surface area contributed by atoms with E-state index in [1.165, 1.54) is 6.20 Å². The summed E-state index contributed by atoms with van der Waals surface area (Å²) in [6.07, 6.45) is 1.52. The highest BCUT2D eigenvalue weighted by molar-refractivity contribution is 6.32. The highest BCUT2D eigenvalue weighted by atomic mass is 35.5. The Hall–Kier alpha value is -1.82. The topological polar surface area (TPSA) is 97.1 Å². The molecule has 0 aromatic carbocycles. The molecule has 0 unspecified atom stereocenters. The molecule has 0 spiro atoms. The highest BCUT2D eigenvalue weighted by Crippen LogP contribution is 2.17. The molecule has 3 amide bonds. The van der Waals surface area contributed by atoms with Gasteiger partial charge in [-0.05, 0) is 26.0 Å². The van der Waals surface area contributed by atoms with E-state index in [1.807, 2.05) is 0 Å². The van der Waals surface area contributed by atoms with Crippen LogP contribution in [-0.4, -0.2) is 23.5 Å². The zero-order valence-corrected chi connectivity index (χ0v) is 10.9. The van der Waals surface area contributed by atoms with Gasteiger partial charge in [0, 0.05) is 12.7 Å². The molecule has 1 aromatic rings. The third-order valence-corrected chi connectivity index (χ3v) is 2.67. The molecule has 0 fully saturated rings. The Morgan fingerprint density at radius 1 is 1.50 bits per heavy atom. The number of hydrogen-bond donors (Lipinski definition) is 3. The first-order valence-electron chi connectivity index (χ1n) is 5.28. The minimum atomic E-state index is -0.809. The fourth-order valence-corrected chi connectivity index (χ4v) is 1.20. The van der Waals surface area contributed by atoms with Crippen molar-refractivity contribution < 1.29 is 9.59 Å². The Kier molecular flexibility index (Phi) is 4.49. The highest BCUT2D eigenvalue weighted by Gasteiger charge is 2.25. The molecule has 6 nitrogen and oxygen atoms in total. The number of nitrogens with two attached hydrogens (primary N) is 1. The summed E-state index contributed by atoms with van der Waals surface area (Å²) in [6, 6.07) is 2.79. The third-order valence-electron chi connectivity index (χ3n) is 2.37. The molecule has 0 radical (unpaired) electrons. The predicted octanol–water partition coefficient (Wildman–Crippen LogP) is 1.37. The molecular weight excluding hydrogens is 256 g/mol. The summed E-state index contributed by atoms with van der Waals surface area (Å²) in [5, 5.41) is 5.26. The van der Waals surface area contributed by atoms with Gasteiger partial charge in [0.1, 0.15) is 0 Å². The van der Waals surface area contributed by atoms with Gasteiger partial charge in [-0.25, -0.2) is 9.78 Å². The zero-order chi connectivity index (χ0) is 13.8. The molecule has 1 heterocycles. The van der Waals surface area contributed by atoms with Crippen molar-refractivity contribution in [3.8, 4) is 0 Å².